The van der Waals surface area contributed by atoms with Gasteiger partial charge in [-0.2, -0.15) is 0 Å². The number of esters is 1. The van der Waals surface area contributed by atoms with Crippen LogP contribution in [-0.4, -0.2) is 28.8 Å². The van der Waals surface area contributed by atoms with E-state index in [9.17, 15) is 23.2 Å². The van der Waals surface area contributed by atoms with Crippen molar-refractivity contribution in [3.63, 3.8) is 0 Å². The van der Waals surface area contributed by atoms with Crippen LogP contribution in [0, 0.1) is 37.8 Å². The Kier molecular flexibility index (Phi) is 6.31. The third-order valence-corrected chi connectivity index (χ3v) is 4.10. The second kappa shape index (κ2) is 8.48. The number of ether oxygens (including phenoxy) is 1. The third kappa shape index (κ3) is 3.93. The van der Waals surface area contributed by atoms with Crippen LogP contribution in [0.4, 0.5) is 14.5 Å². The molecule has 0 unspecified atom stereocenters. The number of terminal acetylenes is 1. The Labute approximate surface area is 160 Å². The Morgan fingerprint density at radius 3 is 2.46 bits per heavy atom. The summed E-state index contributed by atoms with van der Waals surface area (Å²) in [5.74, 6) is -2.42. The van der Waals surface area contributed by atoms with E-state index in [0.29, 0.717) is 5.69 Å². The Morgan fingerprint density at radius 1 is 1.21 bits per heavy atom. The molecule has 0 saturated carbocycles. The summed E-state index contributed by atoms with van der Waals surface area (Å²) in [7, 11) is 0. The monoisotopic (exact) mass is 388 g/mol. The first-order valence-corrected chi connectivity index (χ1v) is 8.33. The number of benzene rings is 1. The second-order valence-electron chi connectivity index (χ2n) is 5.86. The van der Waals surface area contributed by atoms with Crippen molar-refractivity contribution in [1.29, 1.82) is 0 Å². The average Bonchev–Trinajstić information content (AvgIpc) is 2.88. The lowest BCUT2D eigenvalue weighted by Gasteiger charge is -2.10. The first-order chi connectivity index (χ1) is 13.2. The van der Waals surface area contributed by atoms with E-state index in [-0.39, 0.29) is 35.7 Å². The summed E-state index contributed by atoms with van der Waals surface area (Å²) in [6.45, 7) is 4.59. The van der Waals surface area contributed by atoms with Crippen LogP contribution in [0.1, 0.15) is 39.0 Å². The van der Waals surface area contributed by atoms with Gasteiger partial charge in [-0.05, 0) is 38.5 Å². The topological polar surface area (TPSA) is 77.4 Å². The molecule has 1 aromatic heterocycles. The quantitative estimate of drug-likeness (QED) is 0.357. The number of hydrogen-bond donors (Lipinski definition) is 1. The summed E-state index contributed by atoms with van der Waals surface area (Å²) in [5, 5.41) is 2.44. The highest BCUT2D eigenvalue weighted by Gasteiger charge is 2.30. The lowest BCUT2D eigenvalue weighted by atomic mass is 10.1. The molecule has 0 aliphatic carbocycles. The van der Waals surface area contributed by atoms with Gasteiger partial charge in [-0.1, -0.05) is 5.92 Å². The maximum absolute atomic E-state index is 13.4. The van der Waals surface area contributed by atoms with Crippen molar-refractivity contribution in [3.8, 4) is 12.3 Å². The smallest absolute Gasteiger partial charge is 0.379 e. The maximum Gasteiger partial charge on any atom is 0.379 e. The molecule has 0 radical (unpaired) electrons. The van der Waals surface area contributed by atoms with Gasteiger partial charge >= 0.3 is 5.97 Å². The van der Waals surface area contributed by atoms with Crippen molar-refractivity contribution in [3.05, 3.63) is 52.3 Å². The van der Waals surface area contributed by atoms with E-state index in [4.69, 9.17) is 11.2 Å². The second-order valence-corrected chi connectivity index (χ2v) is 5.86. The molecular formula is C20H18F2N2O4. The van der Waals surface area contributed by atoms with E-state index < -0.39 is 29.3 Å². The highest BCUT2D eigenvalue weighted by Crippen LogP contribution is 2.25. The summed E-state index contributed by atoms with van der Waals surface area (Å²) in [4.78, 5) is 37.1. The highest BCUT2D eigenvalue weighted by atomic mass is 19.2. The molecule has 6 nitrogen and oxygen atoms in total. The third-order valence-electron chi connectivity index (χ3n) is 4.10. The summed E-state index contributed by atoms with van der Waals surface area (Å²) in [6, 6.07) is 2.89. The number of aromatic nitrogens is 1. The molecule has 0 aliphatic rings. The van der Waals surface area contributed by atoms with E-state index >= 15 is 0 Å². The van der Waals surface area contributed by atoms with Crippen LogP contribution in [0.3, 0.4) is 0 Å². The summed E-state index contributed by atoms with van der Waals surface area (Å²) < 4.78 is 32.6. The Hall–Kier alpha value is -3.47. The Morgan fingerprint density at radius 2 is 1.89 bits per heavy atom. The highest BCUT2D eigenvalue weighted by molar-refractivity contribution is 6.41. The largest absolute Gasteiger partial charge is 0.460 e. The van der Waals surface area contributed by atoms with Crippen LogP contribution in [0.2, 0.25) is 0 Å². The number of hydrogen-bond acceptors (Lipinski definition) is 4. The zero-order valence-corrected chi connectivity index (χ0v) is 15.6. The van der Waals surface area contributed by atoms with Crippen molar-refractivity contribution in [2.24, 2.45) is 0 Å². The molecule has 1 N–H and O–H groups in total. The lowest BCUT2D eigenvalue weighted by Crippen LogP contribution is -2.19. The van der Waals surface area contributed by atoms with Gasteiger partial charge in [0.2, 0.25) is 0 Å². The molecule has 2 aromatic rings. The van der Waals surface area contributed by atoms with Crippen LogP contribution in [0.5, 0.6) is 0 Å². The number of Topliss-reactive ketones (excluding diaryl/α,β-unsaturated/α-hetero) is 1. The summed E-state index contributed by atoms with van der Waals surface area (Å²) in [6.07, 6.45) is 5.36. The average molecular weight is 388 g/mol. The zero-order chi connectivity index (χ0) is 21.0. The van der Waals surface area contributed by atoms with E-state index in [2.05, 4.69) is 11.2 Å². The van der Waals surface area contributed by atoms with Crippen molar-refractivity contribution >= 4 is 23.3 Å². The van der Waals surface area contributed by atoms with Crippen molar-refractivity contribution < 1.29 is 27.9 Å². The standard InChI is InChI=1S/C20H18F2N2O4/c1-5-9-24-12(4)16(18(25)20(27)28-6-2)11(3)17(24)19(26)23-13-7-8-14(21)15(22)10-13/h1,7-8,10H,6,9H2,2-4H3,(H,23,26). The van der Waals surface area contributed by atoms with Crippen molar-refractivity contribution in [2.45, 2.75) is 27.3 Å². The Bertz CT molecular complexity index is 1000. The molecule has 2 rings (SSSR count). The van der Waals surface area contributed by atoms with Gasteiger partial charge in [0.05, 0.1) is 18.7 Å². The number of halogens is 2. The number of carbonyl (C=O) groups excluding carboxylic acids is 3. The molecule has 0 aliphatic heterocycles. The van der Waals surface area contributed by atoms with Crippen LogP contribution in [0.25, 0.3) is 0 Å². The number of nitrogens with one attached hydrogen (secondary N) is 1. The molecule has 0 bridgehead atoms. The maximum atomic E-state index is 13.4. The summed E-state index contributed by atoms with van der Waals surface area (Å²) >= 11 is 0. The van der Waals surface area contributed by atoms with Crippen LogP contribution < -0.4 is 5.32 Å². The van der Waals surface area contributed by atoms with Crippen LogP contribution in [0.15, 0.2) is 18.2 Å². The van der Waals surface area contributed by atoms with Gasteiger partial charge in [0.1, 0.15) is 5.69 Å². The minimum atomic E-state index is -1.12. The number of rotatable bonds is 6. The van der Waals surface area contributed by atoms with Crippen molar-refractivity contribution in [1.82, 2.24) is 4.57 Å². The van der Waals surface area contributed by atoms with E-state index in [0.717, 1.165) is 12.1 Å². The van der Waals surface area contributed by atoms with E-state index in [1.807, 2.05) is 0 Å². The zero-order valence-electron chi connectivity index (χ0n) is 15.6. The number of ketones is 1. The number of nitrogens with zero attached hydrogens (tertiary/aromatic N) is 1. The normalized spacial score (nSPS) is 10.3. The molecular weight excluding hydrogens is 370 g/mol. The molecule has 1 amide bonds. The summed E-state index contributed by atoms with van der Waals surface area (Å²) in [5.41, 5.74) is 0.625. The van der Waals surface area contributed by atoms with Gasteiger partial charge in [0.25, 0.3) is 11.7 Å². The van der Waals surface area contributed by atoms with Gasteiger partial charge in [-0.25, -0.2) is 13.6 Å². The fourth-order valence-corrected chi connectivity index (χ4v) is 2.87. The molecule has 146 valence electrons. The minimum absolute atomic E-state index is 0.0177. The molecule has 8 heteroatoms. The van der Waals surface area contributed by atoms with Gasteiger partial charge < -0.3 is 14.6 Å². The fourth-order valence-electron chi connectivity index (χ4n) is 2.87. The first-order valence-electron chi connectivity index (χ1n) is 8.33. The molecule has 1 aromatic carbocycles. The van der Waals surface area contributed by atoms with Crippen LogP contribution >= 0.6 is 0 Å². The lowest BCUT2D eigenvalue weighted by molar-refractivity contribution is -0.137. The van der Waals surface area contributed by atoms with E-state index in [1.54, 1.807) is 13.8 Å². The van der Waals surface area contributed by atoms with Gasteiger partial charge in [-0.3, -0.25) is 9.59 Å². The van der Waals surface area contributed by atoms with Gasteiger partial charge in [0, 0.05) is 17.4 Å². The van der Waals surface area contributed by atoms with Gasteiger partial charge in [0.15, 0.2) is 11.6 Å². The first kappa shape index (κ1) is 20.8. The molecule has 0 spiro atoms. The molecule has 28 heavy (non-hydrogen) atoms. The number of amides is 1. The predicted molar refractivity (Wildman–Crippen MR) is 98.0 cm³/mol. The van der Waals surface area contributed by atoms with Crippen LogP contribution in [-0.2, 0) is 16.1 Å². The fraction of sp³-hybridized carbons (Fsp3) is 0.250. The molecule has 1 heterocycles. The predicted octanol–water partition coefficient (Wildman–Crippen LogP) is 3.01. The molecule has 0 fully saturated rings. The molecule has 0 saturated heterocycles. The Balaban J connectivity index is 2.50. The minimum Gasteiger partial charge on any atom is -0.460 e. The SMILES string of the molecule is C#CCn1c(C)c(C(=O)C(=O)OCC)c(C)c1C(=O)Nc1ccc(F)c(F)c1. The van der Waals surface area contributed by atoms with Crippen molar-refractivity contribution in [2.75, 3.05) is 11.9 Å². The number of carbonyl (C=O) groups is 3. The number of anilines is 1. The van der Waals surface area contributed by atoms with E-state index in [1.165, 1.54) is 17.6 Å². The molecule has 0 atom stereocenters. The van der Waals surface area contributed by atoms with Gasteiger partial charge in [-0.15, -0.1) is 6.42 Å².